The number of hydrogen-bond donors (Lipinski definition) is 1. The summed E-state index contributed by atoms with van der Waals surface area (Å²) in [5.74, 6) is 1.42. The highest BCUT2D eigenvalue weighted by atomic mass is 127. The van der Waals surface area contributed by atoms with Gasteiger partial charge in [0.2, 0.25) is 0 Å². The van der Waals surface area contributed by atoms with E-state index in [-0.39, 0.29) is 24.0 Å². The van der Waals surface area contributed by atoms with E-state index in [2.05, 4.69) is 26.9 Å². The van der Waals surface area contributed by atoms with Crippen molar-refractivity contribution in [3.05, 3.63) is 34.9 Å². The summed E-state index contributed by atoms with van der Waals surface area (Å²) in [7, 11) is 0. The number of nitrogens with two attached hydrogens (primary N) is 1. The zero-order chi connectivity index (χ0) is 16.8. The summed E-state index contributed by atoms with van der Waals surface area (Å²) in [5, 5.41) is 0.874. The summed E-state index contributed by atoms with van der Waals surface area (Å²) in [4.78, 5) is 9.42. The smallest absolute Gasteiger partial charge is 0.191 e. The molecule has 0 aromatic heterocycles. The van der Waals surface area contributed by atoms with E-state index in [1.165, 1.54) is 37.7 Å². The molecule has 0 saturated carbocycles. The van der Waals surface area contributed by atoms with Crippen LogP contribution in [-0.2, 0) is 6.54 Å². The maximum absolute atomic E-state index is 6.27. The normalized spacial score (nSPS) is 20.4. The van der Waals surface area contributed by atoms with Gasteiger partial charge in [-0.3, -0.25) is 9.89 Å². The first-order valence-corrected chi connectivity index (χ1v) is 9.61. The van der Waals surface area contributed by atoms with E-state index < -0.39 is 0 Å². The van der Waals surface area contributed by atoms with Crippen molar-refractivity contribution in [2.24, 2.45) is 16.6 Å². The van der Waals surface area contributed by atoms with Crippen molar-refractivity contribution >= 4 is 41.5 Å². The highest BCUT2D eigenvalue weighted by molar-refractivity contribution is 14.0. The van der Waals surface area contributed by atoms with Crippen molar-refractivity contribution in [2.75, 3.05) is 32.7 Å². The second-order valence-corrected chi connectivity index (χ2v) is 7.46. The first kappa shape index (κ1) is 20.8. The van der Waals surface area contributed by atoms with Gasteiger partial charge >= 0.3 is 0 Å². The maximum Gasteiger partial charge on any atom is 0.191 e. The third kappa shape index (κ3) is 6.29. The molecule has 1 aromatic carbocycles. The fourth-order valence-corrected chi connectivity index (χ4v) is 3.84. The molecule has 0 unspecified atom stereocenters. The minimum atomic E-state index is 0. The number of aliphatic imine (C=N–C) groups is 1. The van der Waals surface area contributed by atoms with E-state index >= 15 is 0 Å². The van der Waals surface area contributed by atoms with E-state index in [0.717, 1.165) is 50.3 Å². The summed E-state index contributed by atoms with van der Waals surface area (Å²) in [6, 6.07) is 8.15. The van der Waals surface area contributed by atoms with E-state index in [4.69, 9.17) is 17.3 Å². The number of hydrogen-bond acceptors (Lipinski definition) is 2. The molecule has 2 saturated heterocycles. The van der Waals surface area contributed by atoms with E-state index in [9.17, 15) is 0 Å². The third-order valence-electron chi connectivity index (χ3n) is 5.25. The molecule has 140 valence electrons. The molecule has 2 N–H and O–H groups in total. The van der Waals surface area contributed by atoms with Crippen LogP contribution in [0.25, 0.3) is 0 Å². The summed E-state index contributed by atoms with van der Waals surface area (Å²) < 4.78 is 0. The van der Waals surface area contributed by atoms with Gasteiger partial charge in [-0.2, -0.15) is 0 Å². The zero-order valence-corrected chi connectivity index (χ0v) is 18.0. The molecular weight excluding hydrogens is 447 g/mol. The number of piperidine rings is 2. The predicted molar refractivity (Wildman–Crippen MR) is 117 cm³/mol. The minimum absolute atomic E-state index is 0. The Hall–Kier alpha value is -0.530. The number of nitrogens with zero attached hydrogens (tertiary/aromatic N) is 3. The van der Waals surface area contributed by atoms with Gasteiger partial charge in [0.25, 0.3) is 0 Å². The monoisotopic (exact) mass is 476 g/mol. The molecule has 0 atom stereocenters. The molecule has 3 rings (SSSR count). The van der Waals surface area contributed by atoms with Gasteiger partial charge < -0.3 is 10.6 Å². The average Bonchev–Trinajstić information content (AvgIpc) is 2.63. The number of benzene rings is 1. The zero-order valence-electron chi connectivity index (χ0n) is 14.9. The second-order valence-electron chi connectivity index (χ2n) is 7.06. The highest BCUT2D eigenvalue weighted by Crippen LogP contribution is 2.22. The molecule has 1 aromatic rings. The average molecular weight is 477 g/mol. The lowest BCUT2D eigenvalue weighted by Gasteiger charge is -2.32. The van der Waals surface area contributed by atoms with Crippen LogP contribution in [0.4, 0.5) is 0 Å². The van der Waals surface area contributed by atoms with Crippen LogP contribution in [0.15, 0.2) is 29.3 Å². The Balaban J connectivity index is 0.00000225. The number of guanidine groups is 1. The van der Waals surface area contributed by atoms with Crippen molar-refractivity contribution in [3.8, 4) is 0 Å². The first-order chi connectivity index (χ1) is 11.7. The second kappa shape index (κ2) is 10.6. The molecule has 2 heterocycles. The Bertz CT molecular complexity index is 552. The topological polar surface area (TPSA) is 44.9 Å². The molecule has 6 heteroatoms. The van der Waals surface area contributed by atoms with Crippen molar-refractivity contribution in [3.63, 3.8) is 0 Å². The van der Waals surface area contributed by atoms with Gasteiger partial charge in [0.05, 0.1) is 0 Å². The molecule has 0 bridgehead atoms. The van der Waals surface area contributed by atoms with Crippen molar-refractivity contribution in [1.82, 2.24) is 9.80 Å². The molecule has 0 aliphatic carbocycles. The Labute approximate surface area is 173 Å². The summed E-state index contributed by atoms with van der Waals surface area (Å²) >= 11 is 6.27. The van der Waals surface area contributed by atoms with Crippen LogP contribution in [0.5, 0.6) is 0 Å². The Morgan fingerprint density at radius 1 is 1.08 bits per heavy atom. The largest absolute Gasteiger partial charge is 0.370 e. The maximum atomic E-state index is 6.27. The summed E-state index contributed by atoms with van der Waals surface area (Å²) in [6.07, 6.45) is 6.21. The lowest BCUT2D eigenvalue weighted by atomic mass is 9.96. The highest BCUT2D eigenvalue weighted by Gasteiger charge is 2.20. The minimum Gasteiger partial charge on any atom is -0.370 e. The van der Waals surface area contributed by atoms with Gasteiger partial charge in [-0.25, -0.2) is 0 Å². The number of rotatable bonds is 4. The van der Waals surface area contributed by atoms with Gasteiger partial charge in [-0.05, 0) is 62.7 Å². The van der Waals surface area contributed by atoms with Gasteiger partial charge in [0, 0.05) is 31.2 Å². The Kier molecular flexibility index (Phi) is 8.79. The number of halogens is 2. The molecule has 0 amide bonds. The quantitative estimate of drug-likeness (QED) is 0.406. The van der Waals surface area contributed by atoms with Crippen LogP contribution < -0.4 is 5.73 Å². The number of likely N-dealkylation sites (tertiary alicyclic amines) is 2. The standard InChI is InChI=1S/C19H29ClN4.HI/c20-18-7-3-2-6-17(18)15-23-12-8-16(9-13-23)14-22-19(21)24-10-4-1-5-11-24;/h2-3,6-7,16H,1,4-5,8-15H2,(H2,21,22);1H. The lowest BCUT2D eigenvalue weighted by molar-refractivity contribution is 0.180. The molecule has 2 aliphatic heterocycles. The van der Waals surface area contributed by atoms with Gasteiger partial charge in [-0.15, -0.1) is 24.0 Å². The molecule has 0 spiro atoms. The SMILES string of the molecule is I.NC(=NCC1CCN(Cc2ccccc2Cl)CC1)N1CCCCC1. The van der Waals surface area contributed by atoms with Crippen molar-refractivity contribution in [1.29, 1.82) is 0 Å². The fraction of sp³-hybridized carbons (Fsp3) is 0.632. The van der Waals surface area contributed by atoms with Gasteiger partial charge in [0.1, 0.15) is 0 Å². The van der Waals surface area contributed by atoms with Crippen molar-refractivity contribution < 1.29 is 0 Å². The molecule has 4 nitrogen and oxygen atoms in total. The molecule has 2 aliphatic rings. The summed E-state index contributed by atoms with van der Waals surface area (Å²) in [6.45, 7) is 6.22. The van der Waals surface area contributed by atoms with Crippen LogP contribution in [0.1, 0.15) is 37.7 Å². The molecule has 2 fully saturated rings. The van der Waals surface area contributed by atoms with Crippen LogP contribution in [0.3, 0.4) is 0 Å². The first-order valence-electron chi connectivity index (χ1n) is 9.23. The predicted octanol–water partition coefficient (Wildman–Crippen LogP) is 3.97. The molecule has 25 heavy (non-hydrogen) atoms. The fourth-order valence-electron chi connectivity index (χ4n) is 3.64. The van der Waals surface area contributed by atoms with E-state index in [1.807, 2.05) is 12.1 Å². The third-order valence-corrected chi connectivity index (χ3v) is 5.62. The summed E-state index contributed by atoms with van der Waals surface area (Å²) in [5.41, 5.74) is 7.39. The van der Waals surface area contributed by atoms with Gasteiger partial charge in [0.15, 0.2) is 5.96 Å². The van der Waals surface area contributed by atoms with Crippen molar-refractivity contribution in [2.45, 2.75) is 38.6 Å². The van der Waals surface area contributed by atoms with Crippen LogP contribution in [0.2, 0.25) is 5.02 Å². The van der Waals surface area contributed by atoms with Gasteiger partial charge in [-0.1, -0.05) is 29.8 Å². The lowest BCUT2D eigenvalue weighted by Crippen LogP contribution is -2.41. The Morgan fingerprint density at radius 3 is 2.44 bits per heavy atom. The van der Waals surface area contributed by atoms with Crippen LogP contribution >= 0.6 is 35.6 Å². The van der Waals surface area contributed by atoms with Crippen LogP contribution in [-0.4, -0.2) is 48.5 Å². The van der Waals surface area contributed by atoms with E-state index in [0.29, 0.717) is 5.92 Å². The molecule has 0 radical (unpaired) electrons. The van der Waals surface area contributed by atoms with Crippen LogP contribution in [0, 0.1) is 5.92 Å². The Morgan fingerprint density at radius 2 is 1.76 bits per heavy atom. The molecular formula is C19H30ClIN4. The van der Waals surface area contributed by atoms with E-state index in [1.54, 1.807) is 0 Å².